The van der Waals surface area contributed by atoms with Gasteiger partial charge in [0.05, 0.1) is 12.7 Å². The van der Waals surface area contributed by atoms with E-state index in [-0.39, 0.29) is 0 Å². The van der Waals surface area contributed by atoms with Crippen molar-refractivity contribution in [2.24, 2.45) is 0 Å². The van der Waals surface area contributed by atoms with Crippen LogP contribution in [0.3, 0.4) is 0 Å². The number of nitrogens with zero attached hydrogens (tertiary/aromatic N) is 4. The third-order valence-electron chi connectivity index (χ3n) is 5.71. The molecule has 3 aromatic rings. The van der Waals surface area contributed by atoms with Crippen molar-refractivity contribution >= 4 is 11.6 Å². The Balaban J connectivity index is 1.20. The average molecular weight is 426 g/mol. The monoisotopic (exact) mass is 425 g/mol. The lowest BCUT2D eigenvalue weighted by Crippen LogP contribution is -2.37. The van der Waals surface area contributed by atoms with Crippen molar-refractivity contribution in [2.45, 2.75) is 44.8 Å². The quantitative estimate of drug-likeness (QED) is 0.510. The van der Waals surface area contributed by atoms with E-state index in [1.54, 1.807) is 0 Å². The van der Waals surface area contributed by atoms with E-state index in [0.717, 1.165) is 56.2 Å². The number of tetrazole rings is 1. The van der Waals surface area contributed by atoms with Crippen molar-refractivity contribution < 1.29 is 4.74 Å². The first-order valence-electron chi connectivity index (χ1n) is 10.7. The zero-order valence-corrected chi connectivity index (χ0v) is 17.9. The number of aryl methyl sites for hydroxylation is 1. The van der Waals surface area contributed by atoms with Gasteiger partial charge in [-0.3, -0.25) is 0 Å². The van der Waals surface area contributed by atoms with Gasteiger partial charge < -0.3 is 9.64 Å². The number of likely N-dealkylation sites (tertiary alicyclic amines) is 1. The molecule has 1 aliphatic rings. The van der Waals surface area contributed by atoms with Gasteiger partial charge in [0.25, 0.3) is 0 Å². The fourth-order valence-electron chi connectivity index (χ4n) is 3.98. The molecule has 1 fully saturated rings. The number of benzene rings is 2. The molecule has 1 aliphatic heterocycles. The molecular weight excluding hydrogens is 398 g/mol. The molecule has 2 aromatic carbocycles. The van der Waals surface area contributed by atoms with Gasteiger partial charge in [0, 0.05) is 24.5 Å². The lowest BCUT2D eigenvalue weighted by molar-refractivity contribution is -0.00245. The number of hydrogen-bond acceptors (Lipinski definition) is 5. The number of nitrogens with one attached hydrogen (secondary N) is 1. The summed E-state index contributed by atoms with van der Waals surface area (Å²) in [6.07, 6.45) is 5.71. The number of hydrogen-bond donors (Lipinski definition) is 1. The van der Waals surface area contributed by atoms with Gasteiger partial charge in [0.15, 0.2) is 0 Å². The third kappa shape index (κ3) is 5.88. The molecule has 1 saturated heterocycles. The van der Waals surface area contributed by atoms with Crippen LogP contribution >= 0.6 is 11.6 Å². The Morgan fingerprint density at radius 3 is 2.60 bits per heavy atom. The summed E-state index contributed by atoms with van der Waals surface area (Å²) in [5.74, 6) is 0.876. The number of halogens is 1. The summed E-state index contributed by atoms with van der Waals surface area (Å²) in [7, 11) is 0. The van der Waals surface area contributed by atoms with Crippen LogP contribution in [0.4, 0.5) is 0 Å². The Morgan fingerprint density at radius 1 is 1.03 bits per heavy atom. The van der Waals surface area contributed by atoms with Crippen LogP contribution in [0.1, 0.15) is 37.1 Å². The second-order valence-electron chi connectivity index (χ2n) is 7.82. The molecule has 0 radical (unpaired) electrons. The van der Waals surface area contributed by atoms with Crippen molar-refractivity contribution in [1.29, 1.82) is 0 Å². The maximum Gasteiger partial charge on any atom is 0.148 e. The van der Waals surface area contributed by atoms with Gasteiger partial charge in [-0.05, 0) is 71.5 Å². The largest absolute Gasteiger partial charge is 0.373 e. The summed E-state index contributed by atoms with van der Waals surface area (Å²) in [5, 5.41) is 14.7. The number of aromatic nitrogens is 4. The number of ether oxygens (including phenoxy) is 1. The molecule has 1 aromatic heterocycles. The van der Waals surface area contributed by atoms with E-state index < -0.39 is 0 Å². The molecule has 1 N–H and O–H groups in total. The number of H-pyrrole nitrogens is 1. The fraction of sp³-hybridized carbons (Fsp3) is 0.435. The minimum Gasteiger partial charge on any atom is -0.373 e. The van der Waals surface area contributed by atoms with Gasteiger partial charge in [-0.15, -0.1) is 5.10 Å². The summed E-state index contributed by atoms with van der Waals surface area (Å²) < 4.78 is 6.30. The highest BCUT2D eigenvalue weighted by atomic mass is 35.5. The predicted octanol–water partition coefficient (Wildman–Crippen LogP) is 4.52. The maximum absolute atomic E-state index is 6.30. The molecule has 0 unspecified atom stereocenters. The van der Waals surface area contributed by atoms with Crippen LogP contribution in [0, 0.1) is 0 Å². The van der Waals surface area contributed by atoms with E-state index in [1.165, 1.54) is 23.1 Å². The second kappa shape index (κ2) is 10.7. The van der Waals surface area contributed by atoms with E-state index in [4.69, 9.17) is 16.3 Å². The molecule has 30 heavy (non-hydrogen) atoms. The van der Waals surface area contributed by atoms with E-state index in [9.17, 15) is 0 Å². The highest BCUT2D eigenvalue weighted by molar-refractivity contribution is 6.30. The van der Waals surface area contributed by atoms with E-state index in [2.05, 4.69) is 61.9 Å². The van der Waals surface area contributed by atoms with Crippen molar-refractivity contribution in [3.05, 3.63) is 64.9 Å². The average Bonchev–Trinajstić information content (AvgIpc) is 3.31. The van der Waals surface area contributed by atoms with Gasteiger partial charge in [-0.25, -0.2) is 5.10 Å². The van der Waals surface area contributed by atoms with Crippen LogP contribution in [-0.4, -0.2) is 51.3 Å². The van der Waals surface area contributed by atoms with Gasteiger partial charge >= 0.3 is 0 Å². The highest BCUT2D eigenvalue weighted by Gasteiger charge is 2.19. The van der Waals surface area contributed by atoms with Crippen LogP contribution in [-0.2, 0) is 17.8 Å². The van der Waals surface area contributed by atoms with Crippen molar-refractivity contribution in [3.63, 3.8) is 0 Å². The van der Waals surface area contributed by atoms with Gasteiger partial charge in [0.1, 0.15) is 5.82 Å². The summed E-state index contributed by atoms with van der Waals surface area (Å²) >= 11 is 6.04. The molecule has 0 atom stereocenters. The Bertz CT molecular complexity index is 892. The second-order valence-corrected chi connectivity index (χ2v) is 8.26. The van der Waals surface area contributed by atoms with Crippen molar-refractivity contribution in [3.8, 4) is 11.1 Å². The van der Waals surface area contributed by atoms with Gasteiger partial charge in [-0.1, -0.05) is 48.0 Å². The SMILES string of the molecule is Clc1ccc(-c2ccccc2COC2CCN(CCCCc3nnn[nH]3)CC2)cc1. The first kappa shape index (κ1) is 21.0. The minimum absolute atomic E-state index is 0.333. The standard InChI is InChI=1S/C23H28ClN5O/c24-20-10-8-18(9-11-20)22-6-2-1-5-19(22)17-30-21-12-15-29(16-13-21)14-4-3-7-23-25-27-28-26-23/h1-2,5-6,8-11,21H,3-4,7,12-17H2,(H,25,26,27,28). The smallest absolute Gasteiger partial charge is 0.148 e. The third-order valence-corrected chi connectivity index (χ3v) is 5.96. The number of piperidine rings is 1. The molecule has 6 nitrogen and oxygen atoms in total. The molecule has 7 heteroatoms. The van der Waals surface area contributed by atoms with Crippen LogP contribution < -0.4 is 0 Å². The minimum atomic E-state index is 0.333. The van der Waals surface area contributed by atoms with E-state index in [0.29, 0.717) is 12.7 Å². The van der Waals surface area contributed by atoms with E-state index in [1.807, 2.05) is 12.1 Å². The molecule has 0 spiro atoms. The topological polar surface area (TPSA) is 66.9 Å². The summed E-state index contributed by atoms with van der Waals surface area (Å²) in [5.41, 5.74) is 3.62. The Hall–Kier alpha value is -2.28. The predicted molar refractivity (Wildman–Crippen MR) is 118 cm³/mol. The number of unbranched alkanes of at least 4 members (excludes halogenated alkanes) is 1. The fourth-order valence-corrected chi connectivity index (χ4v) is 4.10. The van der Waals surface area contributed by atoms with Crippen molar-refractivity contribution in [1.82, 2.24) is 25.5 Å². The maximum atomic E-state index is 6.30. The molecule has 4 rings (SSSR count). The Morgan fingerprint density at radius 2 is 1.83 bits per heavy atom. The van der Waals surface area contributed by atoms with Crippen molar-refractivity contribution in [2.75, 3.05) is 19.6 Å². The normalized spacial score (nSPS) is 15.5. The molecular formula is C23H28ClN5O. The lowest BCUT2D eigenvalue weighted by atomic mass is 10.00. The molecule has 158 valence electrons. The van der Waals surface area contributed by atoms with Gasteiger partial charge in [0.2, 0.25) is 0 Å². The lowest BCUT2D eigenvalue weighted by Gasteiger charge is -2.32. The molecule has 0 aliphatic carbocycles. The summed E-state index contributed by atoms with van der Waals surface area (Å²) in [6, 6.07) is 16.5. The van der Waals surface area contributed by atoms with E-state index >= 15 is 0 Å². The molecule has 0 amide bonds. The highest BCUT2D eigenvalue weighted by Crippen LogP contribution is 2.26. The zero-order chi connectivity index (χ0) is 20.6. The van der Waals surface area contributed by atoms with Gasteiger partial charge in [-0.2, -0.15) is 0 Å². The number of rotatable bonds is 9. The first-order valence-corrected chi connectivity index (χ1v) is 11.1. The van der Waals surface area contributed by atoms with Crippen LogP contribution in [0.15, 0.2) is 48.5 Å². The molecule has 0 saturated carbocycles. The number of aromatic amines is 1. The Kier molecular flexibility index (Phi) is 7.45. The summed E-state index contributed by atoms with van der Waals surface area (Å²) in [4.78, 5) is 2.54. The van der Waals surface area contributed by atoms with Crippen LogP contribution in [0.2, 0.25) is 5.02 Å². The first-order chi connectivity index (χ1) is 14.8. The zero-order valence-electron chi connectivity index (χ0n) is 17.1. The Labute approximate surface area is 182 Å². The molecule has 2 heterocycles. The molecule has 0 bridgehead atoms. The summed E-state index contributed by atoms with van der Waals surface area (Å²) in [6.45, 7) is 3.99. The van der Waals surface area contributed by atoms with Crippen LogP contribution in [0.5, 0.6) is 0 Å². The van der Waals surface area contributed by atoms with Crippen LogP contribution in [0.25, 0.3) is 11.1 Å².